The Morgan fingerprint density at radius 2 is 2.50 bits per heavy atom. The van der Waals surface area contributed by atoms with E-state index in [4.69, 9.17) is 0 Å². The van der Waals surface area contributed by atoms with Gasteiger partial charge in [0.1, 0.15) is 0 Å². The highest BCUT2D eigenvalue weighted by molar-refractivity contribution is 8.14. The van der Waals surface area contributed by atoms with Gasteiger partial charge in [0.25, 0.3) is 0 Å². The SMILES string of the molecule is C/N=C1\SCCN1C. The van der Waals surface area contributed by atoms with Crippen molar-refractivity contribution in [3.05, 3.63) is 0 Å². The average Bonchev–Trinajstić information content (AvgIpc) is 2.14. The molecule has 1 rings (SSSR count). The number of amidine groups is 1. The summed E-state index contributed by atoms with van der Waals surface area (Å²) in [7, 11) is 3.91. The molecule has 1 fully saturated rings. The lowest BCUT2D eigenvalue weighted by Gasteiger charge is -2.07. The van der Waals surface area contributed by atoms with E-state index >= 15 is 0 Å². The van der Waals surface area contributed by atoms with E-state index in [2.05, 4.69) is 16.9 Å². The molecule has 0 aromatic carbocycles. The number of aliphatic imine (C=N–C) groups is 1. The van der Waals surface area contributed by atoms with Crippen LogP contribution in [0.15, 0.2) is 4.99 Å². The molecule has 0 amide bonds. The first-order valence-corrected chi connectivity index (χ1v) is 3.64. The van der Waals surface area contributed by atoms with Crippen molar-refractivity contribution in [2.75, 3.05) is 26.4 Å². The van der Waals surface area contributed by atoms with Crippen LogP contribution < -0.4 is 0 Å². The summed E-state index contributed by atoms with van der Waals surface area (Å²) < 4.78 is 0. The minimum Gasteiger partial charge on any atom is -0.354 e. The van der Waals surface area contributed by atoms with Crippen molar-refractivity contribution < 1.29 is 0 Å². The summed E-state index contributed by atoms with van der Waals surface area (Å²) in [6.07, 6.45) is 0. The Bertz CT molecular complexity index is 111. The van der Waals surface area contributed by atoms with E-state index in [1.807, 2.05) is 18.8 Å². The third kappa shape index (κ3) is 0.968. The maximum absolute atomic E-state index is 4.07. The summed E-state index contributed by atoms with van der Waals surface area (Å²) in [6, 6.07) is 0. The van der Waals surface area contributed by atoms with E-state index in [0.29, 0.717) is 0 Å². The smallest absolute Gasteiger partial charge is 0.158 e. The van der Waals surface area contributed by atoms with Crippen molar-refractivity contribution in [3.8, 4) is 0 Å². The van der Waals surface area contributed by atoms with Gasteiger partial charge in [-0.15, -0.1) is 0 Å². The first kappa shape index (κ1) is 5.95. The zero-order valence-corrected chi connectivity index (χ0v) is 6.03. The first-order chi connectivity index (χ1) is 3.84. The minimum absolute atomic E-state index is 1.15. The van der Waals surface area contributed by atoms with Gasteiger partial charge in [0, 0.05) is 26.4 Å². The molecular formula is C5H10N2S. The molecule has 0 aromatic rings. The van der Waals surface area contributed by atoms with E-state index in [-0.39, 0.29) is 0 Å². The molecule has 0 radical (unpaired) electrons. The minimum atomic E-state index is 1.15. The maximum Gasteiger partial charge on any atom is 0.158 e. The summed E-state index contributed by atoms with van der Waals surface area (Å²) in [5.74, 6) is 1.20. The number of thioether (sulfide) groups is 1. The number of hydrogen-bond acceptors (Lipinski definition) is 2. The van der Waals surface area contributed by atoms with Crippen LogP contribution in [0.3, 0.4) is 0 Å². The lowest BCUT2D eigenvalue weighted by atomic mass is 10.7. The highest BCUT2D eigenvalue weighted by atomic mass is 32.2. The highest BCUT2D eigenvalue weighted by Crippen LogP contribution is 2.14. The van der Waals surface area contributed by atoms with E-state index in [0.717, 1.165) is 6.54 Å². The van der Waals surface area contributed by atoms with Crippen LogP contribution in [0.2, 0.25) is 0 Å². The quantitative estimate of drug-likeness (QED) is 0.478. The summed E-state index contributed by atoms with van der Waals surface area (Å²) in [6.45, 7) is 1.15. The fourth-order valence-corrected chi connectivity index (χ4v) is 1.70. The van der Waals surface area contributed by atoms with Crippen molar-refractivity contribution in [3.63, 3.8) is 0 Å². The third-order valence-corrected chi connectivity index (χ3v) is 2.31. The largest absolute Gasteiger partial charge is 0.354 e. The van der Waals surface area contributed by atoms with E-state index < -0.39 is 0 Å². The zero-order chi connectivity index (χ0) is 5.98. The van der Waals surface area contributed by atoms with Gasteiger partial charge in [-0.2, -0.15) is 0 Å². The van der Waals surface area contributed by atoms with Gasteiger partial charge in [-0.3, -0.25) is 4.99 Å². The van der Waals surface area contributed by atoms with Gasteiger partial charge in [0.05, 0.1) is 0 Å². The van der Waals surface area contributed by atoms with Crippen molar-refractivity contribution in [2.24, 2.45) is 4.99 Å². The average molecular weight is 130 g/mol. The molecule has 0 aromatic heterocycles. The summed E-state index contributed by atoms with van der Waals surface area (Å²) >= 11 is 1.83. The van der Waals surface area contributed by atoms with Crippen LogP contribution in [0, 0.1) is 0 Å². The van der Waals surface area contributed by atoms with Crippen LogP contribution in [0.4, 0.5) is 0 Å². The molecule has 0 bridgehead atoms. The molecule has 1 aliphatic heterocycles. The molecule has 0 unspecified atom stereocenters. The van der Waals surface area contributed by atoms with E-state index in [1.54, 1.807) is 0 Å². The fraction of sp³-hybridized carbons (Fsp3) is 0.800. The standard InChI is InChI=1S/C5H10N2S/c1-6-5-7(2)3-4-8-5/h3-4H2,1-2H3/b6-5-. The van der Waals surface area contributed by atoms with Crippen LogP contribution in [-0.2, 0) is 0 Å². The van der Waals surface area contributed by atoms with Gasteiger partial charge in [-0.1, -0.05) is 11.8 Å². The highest BCUT2D eigenvalue weighted by Gasteiger charge is 2.12. The van der Waals surface area contributed by atoms with Gasteiger partial charge in [0.2, 0.25) is 0 Å². The van der Waals surface area contributed by atoms with Crippen LogP contribution in [0.5, 0.6) is 0 Å². The van der Waals surface area contributed by atoms with Crippen molar-refractivity contribution in [1.29, 1.82) is 0 Å². The molecule has 8 heavy (non-hydrogen) atoms. The third-order valence-electron chi connectivity index (χ3n) is 1.18. The van der Waals surface area contributed by atoms with Crippen LogP contribution >= 0.6 is 11.8 Å². The monoisotopic (exact) mass is 130 g/mol. The predicted molar refractivity (Wildman–Crippen MR) is 38.4 cm³/mol. The second-order valence-electron chi connectivity index (χ2n) is 1.78. The Morgan fingerprint density at radius 1 is 1.75 bits per heavy atom. The molecule has 0 spiro atoms. The summed E-state index contributed by atoms with van der Waals surface area (Å²) in [5.41, 5.74) is 0. The topological polar surface area (TPSA) is 15.6 Å². The second-order valence-corrected chi connectivity index (χ2v) is 2.84. The summed E-state index contributed by atoms with van der Waals surface area (Å²) in [4.78, 5) is 6.25. The maximum atomic E-state index is 4.07. The van der Waals surface area contributed by atoms with E-state index in [1.165, 1.54) is 10.9 Å². The molecule has 0 saturated carbocycles. The van der Waals surface area contributed by atoms with Crippen LogP contribution in [0.25, 0.3) is 0 Å². The molecule has 46 valence electrons. The van der Waals surface area contributed by atoms with Gasteiger partial charge < -0.3 is 4.90 Å². The van der Waals surface area contributed by atoms with E-state index in [9.17, 15) is 0 Å². The van der Waals surface area contributed by atoms with Gasteiger partial charge in [-0.25, -0.2) is 0 Å². The Morgan fingerprint density at radius 3 is 2.75 bits per heavy atom. The number of rotatable bonds is 0. The fourth-order valence-electron chi connectivity index (χ4n) is 0.715. The Labute approximate surface area is 54.0 Å². The zero-order valence-electron chi connectivity index (χ0n) is 5.22. The van der Waals surface area contributed by atoms with Crippen molar-refractivity contribution >= 4 is 16.9 Å². The molecule has 0 aliphatic carbocycles. The first-order valence-electron chi connectivity index (χ1n) is 2.65. The van der Waals surface area contributed by atoms with Gasteiger partial charge in [0.15, 0.2) is 5.17 Å². The molecule has 2 nitrogen and oxygen atoms in total. The Balaban J connectivity index is 2.55. The van der Waals surface area contributed by atoms with Gasteiger partial charge >= 0.3 is 0 Å². The second kappa shape index (κ2) is 2.40. The lowest BCUT2D eigenvalue weighted by molar-refractivity contribution is 0.562. The molecular weight excluding hydrogens is 120 g/mol. The lowest BCUT2D eigenvalue weighted by Crippen LogP contribution is -2.17. The molecule has 3 heteroatoms. The molecule has 1 saturated heterocycles. The van der Waals surface area contributed by atoms with Gasteiger partial charge in [-0.05, 0) is 0 Å². The predicted octanol–water partition coefficient (Wildman–Crippen LogP) is 0.651. The molecule has 1 aliphatic rings. The summed E-state index contributed by atoms with van der Waals surface area (Å²) in [5, 5.41) is 1.17. The van der Waals surface area contributed by atoms with Crippen molar-refractivity contribution in [1.82, 2.24) is 4.90 Å². The molecule has 1 heterocycles. The van der Waals surface area contributed by atoms with Crippen molar-refractivity contribution in [2.45, 2.75) is 0 Å². The Hall–Kier alpha value is -0.180. The number of hydrogen-bond donors (Lipinski definition) is 0. The van der Waals surface area contributed by atoms with Crippen LogP contribution in [0.1, 0.15) is 0 Å². The molecule has 0 N–H and O–H groups in total. The van der Waals surface area contributed by atoms with Crippen LogP contribution in [-0.4, -0.2) is 36.5 Å². The Kier molecular flexibility index (Phi) is 1.78. The normalized spacial score (nSPS) is 25.2. The molecule has 0 atom stereocenters. The number of nitrogens with zero attached hydrogens (tertiary/aromatic N) is 2.